The minimum Gasteiger partial charge on any atom is -0.454 e. The number of nitrogens with one attached hydrogen (secondary N) is 1. The Bertz CT molecular complexity index is 729. The van der Waals surface area contributed by atoms with Crippen molar-refractivity contribution in [1.82, 2.24) is 10.2 Å². The number of fused-ring (bicyclic) bond motifs is 1. The van der Waals surface area contributed by atoms with E-state index in [1.54, 1.807) is 18.2 Å². The zero-order chi connectivity index (χ0) is 18.4. The van der Waals surface area contributed by atoms with Gasteiger partial charge < -0.3 is 14.8 Å². The van der Waals surface area contributed by atoms with Crippen LogP contribution in [0.5, 0.6) is 11.5 Å². The lowest BCUT2D eigenvalue weighted by Crippen LogP contribution is -2.45. The van der Waals surface area contributed by atoms with Gasteiger partial charge >= 0.3 is 0 Å². The summed E-state index contributed by atoms with van der Waals surface area (Å²) in [6, 6.07) is 15.9. The molecule has 0 saturated carbocycles. The van der Waals surface area contributed by atoms with Crippen LogP contribution in [0.1, 0.15) is 29.8 Å². The van der Waals surface area contributed by atoms with Crippen molar-refractivity contribution in [3.63, 3.8) is 0 Å². The zero-order valence-electron chi connectivity index (χ0n) is 15.4. The van der Waals surface area contributed by atoms with E-state index in [2.05, 4.69) is 48.3 Å². The van der Waals surface area contributed by atoms with E-state index in [0.717, 1.165) is 19.5 Å². The van der Waals surface area contributed by atoms with E-state index in [1.807, 2.05) is 6.07 Å². The molecule has 1 heterocycles. The first-order valence-corrected chi connectivity index (χ1v) is 9.17. The number of ether oxygens (including phenoxy) is 2. The van der Waals surface area contributed by atoms with Gasteiger partial charge in [0.1, 0.15) is 0 Å². The van der Waals surface area contributed by atoms with E-state index in [9.17, 15) is 4.79 Å². The third-order valence-corrected chi connectivity index (χ3v) is 4.78. The second-order valence-corrected chi connectivity index (χ2v) is 6.34. The molecule has 0 spiro atoms. The number of carbonyl (C=O) groups is 1. The first kappa shape index (κ1) is 18.3. The molecule has 0 bridgehead atoms. The van der Waals surface area contributed by atoms with Crippen LogP contribution < -0.4 is 14.8 Å². The van der Waals surface area contributed by atoms with Crippen LogP contribution in [-0.4, -0.2) is 43.3 Å². The molecule has 1 N–H and O–H groups in total. The number of likely N-dealkylation sites (N-methyl/N-ethyl adjacent to an activating group) is 1. The standard InChI is InChI=1S/C21H26N2O3/c1-3-23(4-2)18(12-16-8-6-5-7-9-16)14-22-21(24)17-10-11-19-20(13-17)26-15-25-19/h5-11,13,18H,3-4,12,14-15H2,1-2H3,(H,22,24). The van der Waals surface area contributed by atoms with Crippen molar-refractivity contribution in [2.24, 2.45) is 0 Å². The molecule has 138 valence electrons. The predicted octanol–water partition coefficient (Wildman–Crippen LogP) is 3.10. The summed E-state index contributed by atoms with van der Waals surface area (Å²) in [6.07, 6.45) is 0.907. The number of carbonyl (C=O) groups excluding carboxylic acids is 1. The number of nitrogens with zero attached hydrogens (tertiary/aromatic N) is 1. The number of hydrogen-bond donors (Lipinski definition) is 1. The maximum atomic E-state index is 12.6. The highest BCUT2D eigenvalue weighted by Gasteiger charge is 2.19. The van der Waals surface area contributed by atoms with Gasteiger partial charge in [0.25, 0.3) is 5.91 Å². The van der Waals surface area contributed by atoms with Gasteiger partial charge in [0, 0.05) is 18.2 Å². The van der Waals surface area contributed by atoms with Gasteiger partial charge in [-0.05, 0) is 43.3 Å². The summed E-state index contributed by atoms with van der Waals surface area (Å²) in [6.45, 7) is 7.02. The summed E-state index contributed by atoms with van der Waals surface area (Å²) in [5, 5.41) is 3.08. The van der Waals surface area contributed by atoms with Gasteiger partial charge in [0.2, 0.25) is 6.79 Å². The van der Waals surface area contributed by atoms with Crippen LogP contribution >= 0.6 is 0 Å². The molecule has 3 rings (SSSR count). The van der Waals surface area contributed by atoms with E-state index < -0.39 is 0 Å². The molecular weight excluding hydrogens is 328 g/mol. The van der Waals surface area contributed by atoms with Crippen molar-refractivity contribution in [2.75, 3.05) is 26.4 Å². The monoisotopic (exact) mass is 354 g/mol. The Balaban J connectivity index is 1.65. The lowest BCUT2D eigenvalue weighted by atomic mass is 10.0. The molecule has 1 unspecified atom stereocenters. The maximum Gasteiger partial charge on any atom is 0.251 e. The molecule has 1 amide bonds. The number of rotatable bonds is 8. The van der Waals surface area contributed by atoms with E-state index in [1.165, 1.54) is 5.56 Å². The lowest BCUT2D eigenvalue weighted by Gasteiger charge is -2.30. The predicted molar refractivity (Wildman–Crippen MR) is 102 cm³/mol. The lowest BCUT2D eigenvalue weighted by molar-refractivity contribution is 0.0934. The highest BCUT2D eigenvalue weighted by atomic mass is 16.7. The molecule has 2 aromatic carbocycles. The molecule has 1 aliphatic rings. The third-order valence-electron chi connectivity index (χ3n) is 4.78. The Morgan fingerprint density at radius 1 is 1.08 bits per heavy atom. The fraction of sp³-hybridized carbons (Fsp3) is 0.381. The summed E-state index contributed by atoms with van der Waals surface area (Å²) in [5.74, 6) is 1.22. The quantitative estimate of drug-likeness (QED) is 0.791. The first-order chi connectivity index (χ1) is 12.7. The number of amides is 1. The normalized spacial score (nSPS) is 13.7. The Hall–Kier alpha value is -2.53. The van der Waals surface area contributed by atoms with Gasteiger partial charge in [-0.2, -0.15) is 0 Å². The van der Waals surface area contributed by atoms with Crippen LogP contribution in [0, 0.1) is 0 Å². The highest BCUT2D eigenvalue weighted by Crippen LogP contribution is 2.32. The van der Waals surface area contributed by atoms with Crippen LogP contribution in [0.4, 0.5) is 0 Å². The molecular formula is C21H26N2O3. The van der Waals surface area contributed by atoms with Crippen molar-refractivity contribution >= 4 is 5.91 Å². The molecule has 0 radical (unpaired) electrons. The van der Waals surface area contributed by atoms with Crippen molar-refractivity contribution in [1.29, 1.82) is 0 Å². The van der Waals surface area contributed by atoms with Crippen LogP contribution in [0.25, 0.3) is 0 Å². The van der Waals surface area contributed by atoms with Crippen LogP contribution in [0.3, 0.4) is 0 Å². The fourth-order valence-corrected chi connectivity index (χ4v) is 3.31. The van der Waals surface area contributed by atoms with Gasteiger partial charge in [0.15, 0.2) is 11.5 Å². The van der Waals surface area contributed by atoms with Crippen LogP contribution in [0.2, 0.25) is 0 Å². The zero-order valence-corrected chi connectivity index (χ0v) is 15.4. The Morgan fingerprint density at radius 2 is 1.81 bits per heavy atom. The first-order valence-electron chi connectivity index (χ1n) is 9.17. The van der Waals surface area contributed by atoms with E-state index in [-0.39, 0.29) is 18.7 Å². The Kier molecular flexibility index (Phi) is 6.12. The number of hydrogen-bond acceptors (Lipinski definition) is 4. The summed E-state index contributed by atoms with van der Waals surface area (Å²) in [5.41, 5.74) is 1.87. The molecule has 1 aliphatic heterocycles. The molecule has 2 aromatic rings. The van der Waals surface area contributed by atoms with Crippen molar-refractivity contribution in [3.05, 3.63) is 59.7 Å². The van der Waals surface area contributed by atoms with Crippen molar-refractivity contribution in [3.8, 4) is 11.5 Å². The number of benzene rings is 2. The van der Waals surface area contributed by atoms with Gasteiger partial charge in [-0.15, -0.1) is 0 Å². The maximum absolute atomic E-state index is 12.6. The largest absolute Gasteiger partial charge is 0.454 e. The van der Waals surface area contributed by atoms with E-state index in [4.69, 9.17) is 9.47 Å². The van der Waals surface area contributed by atoms with Gasteiger partial charge in [-0.25, -0.2) is 0 Å². The fourth-order valence-electron chi connectivity index (χ4n) is 3.31. The van der Waals surface area contributed by atoms with Crippen LogP contribution in [-0.2, 0) is 6.42 Å². The van der Waals surface area contributed by atoms with Crippen molar-refractivity contribution in [2.45, 2.75) is 26.3 Å². The smallest absolute Gasteiger partial charge is 0.251 e. The molecule has 0 aromatic heterocycles. The molecule has 1 atom stereocenters. The molecule has 5 nitrogen and oxygen atoms in total. The van der Waals surface area contributed by atoms with Gasteiger partial charge in [-0.1, -0.05) is 44.2 Å². The molecule has 0 fully saturated rings. The van der Waals surface area contributed by atoms with Crippen LogP contribution in [0.15, 0.2) is 48.5 Å². The SMILES string of the molecule is CCN(CC)C(CNC(=O)c1ccc2c(c1)OCO2)Cc1ccccc1. The third kappa shape index (κ3) is 4.35. The average Bonchev–Trinajstić information content (AvgIpc) is 3.15. The summed E-state index contributed by atoms with van der Waals surface area (Å²) < 4.78 is 10.7. The second-order valence-electron chi connectivity index (χ2n) is 6.34. The van der Waals surface area contributed by atoms with Gasteiger partial charge in [-0.3, -0.25) is 9.69 Å². The summed E-state index contributed by atoms with van der Waals surface area (Å²) in [4.78, 5) is 15.0. The van der Waals surface area contributed by atoms with Gasteiger partial charge in [0.05, 0.1) is 0 Å². The summed E-state index contributed by atoms with van der Waals surface area (Å²) >= 11 is 0. The topological polar surface area (TPSA) is 50.8 Å². The Morgan fingerprint density at radius 3 is 2.54 bits per heavy atom. The minimum atomic E-state index is -0.0893. The van der Waals surface area contributed by atoms with E-state index >= 15 is 0 Å². The molecule has 0 saturated heterocycles. The Labute approximate surface area is 154 Å². The average molecular weight is 354 g/mol. The van der Waals surface area contributed by atoms with Crippen molar-refractivity contribution < 1.29 is 14.3 Å². The van der Waals surface area contributed by atoms with E-state index in [0.29, 0.717) is 23.6 Å². The molecule has 5 heteroatoms. The minimum absolute atomic E-state index is 0.0893. The second kappa shape index (κ2) is 8.72. The summed E-state index contributed by atoms with van der Waals surface area (Å²) in [7, 11) is 0. The highest BCUT2D eigenvalue weighted by molar-refractivity contribution is 5.94. The molecule has 0 aliphatic carbocycles. The molecule has 26 heavy (non-hydrogen) atoms.